The van der Waals surface area contributed by atoms with Gasteiger partial charge in [-0.3, -0.25) is 4.79 Å². The molecule has 0 saturated heterocycles. The number of rotatable bonds is 2. The lowest BCUT2D eigenvalue weighted by Crippen LogP contribution is -2.27. The van der Waals surface area contributed by atoms with Crippen molar-refractivity contribution in [1.82, 2.24) is 0 Å². The molecule has 1 aromatic rings. The van der Waals surface area contributed by atoms with E-state index in [0.717, 1.165) is 23.2 Å². The number of aldehydes is 1. The Balaban J connectivity index is 2.35. The van der Waals surface area contributed by atoms with E-state index in [0.29, 0.717) is 0 Å². The Hall–Kier alpha value is -1.83. The summed E-state index contributed by atoms with van der Waals surface area (Å²) in [5, 5.41) is 0. The third-order valence-electron chi connectivity index (χ3n) is 2.44. The highest BCUT2D eigenvalue weighted by Gasteiger charge is 2.21. The van der Waals surface area contributed by atoms with Crippen LogP contribution in [0, 0.1) is 0 Å². The van der Waals surface area contributed by atoms with Crippen LogP contribution in [0.3, 0.4) is 0 Å². The topological polar surface area (TPSA) is 26.3 Å². The van der Waals surface area contributed by atoms with Gasteiger partial charge in [0.05, 0.1) is 0 Å². The van der Waals surface area contributed by atoms with Gasteiger partial charge < -0.3 is 4.74 Å². The zero-order valence-corrected chi connectivity index (χ0v) is 9.44. The van der Waals surface area contributed by atoms with Gasteiger partial charge in [0.1, 0.15) is 17.6 Å². The Bertz CT molecular complexity index is 468. The molecule has 1 aliphatic rings. The third-order valence-corrected chi connectivity index (χ3v) is 2.44. The van der Waals surface area contributed by atoms with E-state index in [4.69, 9.17) is 4.74 Å². The van der Waals surface area contributed by atoms with Gasteiger partial charge in [-0.25, -0.2) is 0 Å². The number of carbonyl (C=O) groups excluding carboxylic acids is 1. The van der Waals surface area contributed by atoms with E-state index in [1.807, 2.05) is 38.1 Å². The molecule has 1 aromatic carbocycles. The fourth-order valence-corrected chi connectivity index (χ4v) is 1.65. The summed E-state index contributed by atoms with van der Waals surface area (Å²) in [4.78, 5) is 10.2. The molecule has 0 N–H and O–H groups in total. The molecule has 0 aromatic heterocycles. The average molecular weight is 214 g/mol. The molecule has 1 aliphatic heterocycles. The van der Waals surface area contributed by atoms with Gasteiger partial charge in [-0.2, -0.15) is 0 Å². The van der Waals surface area contributed by atoms with Gasteiger partial charge in [-0.1, -0.05) is 18.2 Å². The first-order valence-electron chi connectivity index (χ1n) is 5.25. The van der Waals surface area contributed by atoms with Crippen molar-refractivity contribution in [3.63, 3.8) is 0 Å². The highest BCUT2D eigenvalue weighted by Crippen LogP contribution is 2.31. The van der Waals surface area contributed by atoms with Crippen LogP contribution >= 0.6 is 0 Å². The van der Waals surface area contributed by atoms with E-state index in [1.54, 1.807) is 6.08 Å². The fraction of sp³-hybridized carbons (Fsp3) is 0.214. The minimum absolute atomic E-state index is 0.243. The molecule has 0 fully saturated rings. The number of hydrogen-bond acceptors (Lipinski definition) is 2. The minimum atomic E-state index is -0.243. The summed E-state index contributed by atoms with van der Waals surface area (Å²) in [6.45, 7) is 4.04. The number of hydrogen-bond donors (Lipinski definition) is 0. The summed E-state index contributed by atoms with van der Waals surface area (Å²) in [7, 11) is 0. The van der Waals surface area contributed by atoms with Crippen LogP contribution in [0.4, 0.5) is 0 Å². The first-order valence-corrected chi connectivity index (χ1v) is 5.25. The predicted molar refractivity (Wildman–Crippen MR) is 65.3 cm³/mol. The van der Waals surface area contributed by atoms with Crippen molar-refractivity contribution in [3.8, 4) is 5.75 Å². The van der Waals surface area contributed by atoms with Gasteiger partial charge in [0, 0.05) is 5.56 Å². The molecule has 1 heterocycles. The monoisotopic (exact) mass is 214 g/mol. The van der Waals surface area contributed by atoms with E-state index >= 15 is 0 Å². The molecule has 82 valence electrons. The second kappa shape index (κ2) is 3.97. The van der Waals surface area contributed by atoms with Crippen molar-refractivity contribution in [2.24, 2.45) is 0 Å². The van der Waals surface area contributed by atoms with Crippen LogP contribution in [0.2, 0.25) is 0 Å². The SMILES string of the molecule is CC1(C)C=Cc2cc(/C=C/C=O)ccc2O1. The first-order chi connectivity index (χ1) is 7.61. The van der Waals surface area contributed by atoms with E-state index in [-0.39, 0.29) is 5.60 Å². The maximum atomic E-state index is 10.2. The van der Waals surface area contributed by atoms with Crippen LogP contribution in [0.1, 0.15) is 25.0 Å². The maximum Gasteiger partial charge on any atom is 0.142 e. The molecule has 0 saturated carbocycles. The average Bonchev–Trinajstić information content (AvgIpc) is 2.25. The van der Waals surface area contributed by atoms with Crippen LogP contribution in [-0.2, 0) is 4.79 Å². The molecule has 2 nitrogen and oxygen atoms in total. The normalized spacial score (nSPS) is 16.9. The fourth-order valence-electron chi connectivity index (χ4n) is 1.65. The Labute approximate surface area is 95.2 Å². The van der Waals surface area contributed by atoms with Crippen molar-refractivity contribution in [2.75, 3.05) is 0 Å². The highest BCUT2D eigenvalue weighted by molar-refractivity contribution is 5.75. The summed E-state index contributed by atoms with van der Waals surface area (Å²) >= 11 is 0. The van der Waals surface area contributed by atoms with Crippen molar-refractivity contribution in [2.45, 2.75) is 19.4 Å². The molecule has 2 rings (SSSR count). The summed E-state index contributed by atoms with van der Waals surface area (Å²) in [5.41, 5.74) is 1.80. The maximum absolute atomic E-state index is 10.2. The Morgan fingerprint density at radius 2 is 2.12 bits per heavy atom. The van der Waals surface area contributed by atoms with E-state index in [9.17, 15) is 4.79 Å². The van der Waals surface area contributed by atoms with E-state index < -0.39 is 0 Å². The summed E-state index contributed by atoms with van der Waals surface area (Å²) in [5.74, 6) is 0.885. The van der Waals surface area contributed by atoms with Crippen molar-refractivity contribution in [1.29, 1.82) is 0 Å². The van der Waals surface area contributed by atoms with Crippen LogP contribution < -0.4 is 4.74 Å². The van der Waals surface area contributed by atoms with Gasteiger partial charge in [0.15, 0.2) is 0 Å². The van der Waals surface area contributed by atoms with Gasteiger partial charge in [-0.15, -0.1) is 0 Å². The minimum Gasteiger partial charge on any atom is -0.483 e. The first kappa shape index (κ1) is 10.7. The van der Waals surface area contributed by atoms with Gasteiger partial charge in [0.2, 0.25) is 0 Å². The Morgan fingerprint density at radius 1 is 1.31 bits per heavy atom. The van der Waals surface area contributed by atoms with Gasteiger partial charge in [-0.05, 0) is 43.7 Å². The van der Waals surface area contributed by atoms with Crippen LogP contribution in [0.5, 0.6) is 5.75 Å². The Kier molecular flexibility index (Phi) is 2.65. The number of allylic oxidation sites excluding steroid dienone is 1. The largest absolute Gasteiger partial charge is 0.483 e. The number of carbonyl (C=O) groups is 1. The van der Waals surface area contributed by atoms with E-state index in [2.05, 4.69) is 6.08 Å². The summed E-state index contributed by atoms with van der Waals surface area (Å²) in [6, 6.07) is 5.88. The molecule has 0 atom stereocenters. The number of benzene rings is 1. The molecule has 0 bridgehead atoms. The van der Waals surface area contributed by atoms with Gasteiger partial charge in [0.25, 0.3) is 0 Å². The second-order valence-corrected chi connectivity index (χ2v) is 4.33. The van der Waals surface area contributed by atoms with Crippen LogP contribution in [0.25, 0.3) is 12.2 Å². The van der Waals surface area contributed by atoms with Crippen LogP contribution in [-0.4, -0.2) is 11.9 Å². The number of fused-ring (bicyclic) bond motifs is 1. The molecule has 0 unspecified atom stereocenters. The van der Waals surface area contributed by atoms with E-state index in [1.165, 1.54) is 6.08 Å². The molecule has 0 radical (unpaired) electrons. The zero-order chi connectivity index (χ0) is 11.6. The highest BCUT2D eigenvalue weighted by atomic mass is 16.5. The molecule has 2 heteroatoms. The standard InChI is InChI=1S/C14H14O2/c1-14(2)8-7-12-10-11(4-3-9-15)5-6-13(12)16-14/h3-10H,1-2H3/b4-3+. The smallest absolute Gasteiger partial charge is 0.142 e. The molecular formula is C14H14O2. The summed E-state index contributed by atoms with van der Waals surface area (Å²) in [6.07, 6.45) is 8.12. The summed E-state index contributed by atoms with van der Waals surface area (Å²) < 4.78 is 5.80. The lowest BCUT2D eigenvalue weighted by atomic mass is 10.0. The Morgan fingerprint density at radius 3 is 2.88 bits per heavy atom. The number of ether oxygens (including phenoxy) is 1. The molecule has 0 amide bonds. The molecule has 0 spiro atoms. The quantitative estimate of drug-likeness (QED) is 0.558. The molecule has 0 aliphatic carbocycles. The van der Waals surface area contributed by atoms with Crippen LogP contribution in [0.15, 0.2) is 30.4 Å². The van der Waals surface area contributed by atoms with Gasteiger partial charge >= 0.3 is 0 Å². The predicted octanol–water partition coefficient (Wildman–Crippen LogP) is 3.08. The zero-order valence-electron chi connectivity index (χ0n) is 9.44. The third kappa shape index (κ3) is 2.22. The second-order valence-electron chi connectivity index (χ2n) is 4.33. The van der Waals surface area contributed by atoms with Crippen molar-refractivity contribution >= 4 is 18.4 Å². The lowest BCUT2D eigenvalue weighted by molar-refractivity contribution is -0.104. The van der Waals surface area contributed by atoms with Crippen molar-refractivity contribution in [3.05, 3.63) is 41.5 Å². The molecule has 16 heavy (non-hydrogen) atoms. The van der Waals surface area contributed by atoms with Crippen molar-refractivity contribution < 1.29 is 9.53 Å². The molecular weight excluding hydrogens is 200 g/mol. The lowest BCUT2D eigenvalue weighted by Gasteiger charge is -2.27.